The minimum absolute atomic E-state index is 0.577. The standard InChI is InChI=1S/C16H21N3S2/c1-2-9-20-12(5-1)11-19-15-13(6-3-8-17-15)18-16(19)14-7-4-10-21-14/h3,6,8,12,14H,1-2,4-5,7,9-11H2. The Morgan fingerprint density at radius 2 is 2.10 bits per heavy atom. The Labute approximate surface area is 134 Å². The van der Waals surface area contributed by atoms with E-state index in [-0.39, 0.29) is 0 Å². The summed E-state index contributed by atoms with van der Waals surface area (Å²) in [6.45, 7) is 1.09. The Morgan fingerprint density at radius 1 is 1.14 bits per heavy atom. The van der Waals surface area contributed by atoms with Gasteiger partial charge in [-0.05, 0) is 49.3 Å². The molecule has 21 heavy (non-hydrogen) atoms. The quantitative estimate of drug-likeness (QED) is 0.844. The first kappa shape index (κ1) is 13.9. The maximum Gasteiger partial charge on any atom is 0.160 e. The zero-order valence-corrected chi connectivity index (χ0v) is 13.8. The smallest absolute Gasteiger partial charge is 0.160 e. The van der Waals surface area contributed by atoms with Crippen molar-refractivity contribution in [1.29, 1.82) is 0 Å². The summed E-state index contributed by atoms with van der Waals surface area (Å²) in [4.78, 5) is 9.55. The third-order valence-corrected chi connectivity index (χ3v) is 7.16. The van der Waals surface area contributed by atoms with E-state index in [0.29, 0.717) is 5.25 Å². The first-order chi connectivity index (χ1) is 10.4. The number of thioether (sulfide) groups is 2. The summed E-state index contributed by atoms with van der Waals surface area (Å²) in [6.07, 6.45) is 8.60. The van der Waals surface area contributed by atoms with Crippen molar-refractivity contribution in [2.45, 2.75) is 49.1 Å². The maximum absolute atomic E-state index is 4.93. The monoisotopic (exact) mass is 319 g/mol. The number of aromatic nitrogens is 3. The van der Waals surface area contributed by atoms with Gasteiger partial charge in [-0.2, -0.15) is 23.5 Å². The molecule has 2 aliphatic heterocycles. The lowest BCUT2D eigenvalue weighted by atomic mass is 10.2. The number of hydrogen-bond donors (Lipinski definition) is 0. The van der Waals surface area contributed by atoms with Crippen molar-refractivity contribution < 1.29 is 0 Å². The van der Waals surface area contributed by atoms with E-state index in [1.807, 2.05) is 12.3 Å². The van der Waals surface area contributed by atoms with E-state index >= 15 is 0 Å². The number of fused-ring (bicyclic) bond motifs is 1. The van der Waals surface area contributed by atoms with Gasteiger partial charge in [-0.3, -0.25) is 0 Å². The molecule has 0 amide bonds. The normalized spacial score (nSPS) is 26.5. The van der Waals surface area contributed by atoms with Gasteiger partial charge in [-0.15, -0.1) is 0 Å². The zero-order valence-electron chi connectivity index (χ0n) is 12.2. The van der Waals surface area contributed by atoms with E-state index in [9.17, 15) is 0 Å². The number of rotatable bonds is 3. The van der Waals surface area contributed by atoms with Crippen LogP contribution in [0.2, 0.25) is 0 Å². The van der Waals surface area contributed by atoms with Crippen LogP contribution in [0.4, 0.5) is 0 Å². The third kappa shape index (κ3) is 2.82. The zero-order chi connectivity index (χ0) is 14.1. The van der Waals surface area contributed by atoms with Crippen molar-refractivity contribution in [2.75, 3.05) is 11.5 Å². The van der Waals surface area contributed by atoms with E-state index in [4.69, 9.17) is 4.98 Å². The van der Waals surface area contributed by atoms with E-state index in [1.54, 1.807) is 0 Å². The molecule has 2 atom stereocenters. The van der Waals surface area contributed by atoms with Gasteiger partial charge in [0.05, 0.1) is 5.25 Å². The number of hydrogen-bond acceptors (Lipinski definition) is 4. The fourth-order valence-electron chi connectivity index (χ4n) is 3.34. The lowest BCUT2D eigenvalue weighted by molar-refractivity contribution is 0.568. The topological polar surface area (TPSA) is 30.7 Å². The molecule has 0 N–H and O–H groups in total. The van der Waals surface area contributed by atoms with Crippen molar-refractivity contribution in [3.63, 3.8) is 0 Å². The van der Waals surface area contributed by atoms with E-state index < -0.39 is 0 Å². The van der Waals surface area contributed by atoms with Gasteiger partial charge in [0.2, 0.25) is 0 Å². The summed E-state index contributed by atoms with van der Waals surface area (Å²) in [5.74, 6) is 3.87. The van der Waals surface area contributed by atoms with Crippen LogP contribution >= 0.6 is 23.5 Å². The van der Waals surface area contributed by atoms with Crippen LogP contribution in [0.25, 0.3) is 11.2 Å². The highest BCUT2D eigenvalue weighted by Crippen LogP contribution is 2.40. The highest BCUT2D eigenvalue weighted by molar-refractivity contribution is 8.00. The highest BCUT2D eigenvalue weighted by atomic mass is 32.2. The van der Waals surface area contributed by atoms with Gasteiger partial charge in [-0.25, -0.2) is 9.97 Å². The molecule has 2 saturated heterocycles. The Morgan fingerprint density at radius 3 is 2.90 bits per heavy atom. The predicted octanol–water partition coefficient (Wildman–Crippen LogP) is 4.29. The molecule has 0 bridgehead atoms. The van der Waals surface area contributed by atoms with Crippen LogP contribution in [0.3, 0.4) is 0 Å². The minimum Gasteiger partial charge on any atom is -0.311 e. The summed E-state index contributed by atoms with van der Waals surface area (Å²) >= 11 is 4.21. The van der Waals surface area contributed by atoms with Gasteiger partial charge in [-0.1, -0.05) is 6.42 Å². The van der Waals surface area contributed by atoms with Crippen LogP contribution < -0.4 is 0 Å². The summed E-state index contributed by atoms with van der Waals surface area (Å²) in [5, 5.41) is 1.32. The number of pyridine rings is 1. The second-order valence-corrected chi connectivity index (χ2v) is 8.64. The Balaban J connectivity index is 1.70. The van der Waals surface area contributed by atoms with Crippen LogP contribution in [0.1, 0.15) is 43.2 Å². The van der Waals surface area contributed by atoms with E-state index in [1.165, 1.54) is 49.4 Å². The Kier molecular flexibility index (Phi) is 4.12. The van der Waals surface area contributed by atoms with Crippen molar-refractivity contribution in [3.05, 3.63) is 24.2 Å². The third-order valence-electron chi connectivity index (χ3n) is 4.41. The van der Waals surface area contributed by atoms with Gasteiger partial charge in [0.15, 0.2) is 5.65 Å². The second kappa shape index (κ2) is 6.21. The lowest BCUT2D eigenvalue weighted by Crippen LogP contribution is -2.19. The summed E-state index contributed by atoms with van der Waals surface area (Å²) in [7, 11) is 0. The minimum atomic E-state index is 0.577. The second-order valence-electron chi connectivity index (χ2n) is 5.92. The number of imidazole rings is 1. The molecule has 2 aliphatic rings. The average Bonchev–Trinajstić information content (AvgIpc) is 3.16. The molecule has 0 spiro atoms. The van der Waals surface area contributed by atoms with Crippen molar-refractivity contribution in [1.82, 2.24) is 14.5 Å². The first-order valence-corrected chi connectivity index (χ1v) is 10.1. The van der Waals surface area contributed by atoms with Crippen LogP contribution in [0, 0.1) is 0 Å². The fourth-order valence-corrected chi connectivity index (χ4v) is 5.91. The Hall–Kier alpha value is -0.680. The van der Waals surface area contributed by atoms with E-state index in [2.05, 4.69) is 39.1 Å². The van der Waals surface area contributed by atoms with Gasteiger partial charge in [0, 0.05) is 18.0 Å². The molecule has 2 unspecified atom stereocenters. The lowest BCUT2D eigenvalue weighted by Gasteiger charge is -2.23. The van der Waals surface area contributed by atoms with Crippen molar-refractivity contribution in [3.8, 4) is 0 Å². The van der Waals surface area contributed by atoms with Crippen LogP contribution in [0.5, 0.6) is 0 Å². The molecule has 0 aliphatic carbocycles. The van der Waals surface area contributed by atoms with Crippen LogP contribution in [-0.2, 0) is 6.54 Å². The van der Waals surface area contributed by atoms with Crippen molar-refractivity contribution in [2.24, 2.45) is 0 Å². The molecule has 2 aromatic rings. The number of nitrogens with zero attached hydrogens (tertiary/aromatic N) is 3. The van der Waals surface area contributed by atoms with Gasteiger partial charge in [0.1, 0.15) is 11.3 Å². The molecule has 112 valence electrons. The summed E-state index contributed by atoms with van der Waals surface area (Å²) in [6, 6.07) is 4.11. The molecule has 0 radical (unpaired) electrons. The molecule has 0 aromatic carbocycles. The van der Waals surface area contributed by atoms with Crippen LogP contribution in [0.15, 0.2) is 18.3 Å². The molecular formula is C16H21N3S2. The fraction of sp³-hybridized carbons (Fsp3) is 0.625. The summed E-state index contributed by atoms with van der Waals surface area (Å²) in [5.41, 5.74) is 2.16. The molecule has 5 heteroatoms. The molecular weight excluding hydrogens is 298 g/mol. The maximum atomic E-state index is 4.93. The average molecular weight is 319 g/mol. The predicted molar refractivity (Wildman–Crippen MR) is 92.1 cm³/mol. The van der Waals surface area contributed by atoms with Gasteiger partial charge in [0.25, 0.3) is 0 Å². The van der Waals surface area contributed by atoms with Gasteiger partial charge >= 0.3 is 0 Å². The SMILES string of the molecule is c1cnc2c(c1)nc(C1CCCS1)n2CC1CCCCS1. The van der Waals surface area contributed by atoms with Crippen LogP contribution in [-0.4, -0.2) is 31.3 Å². The largest absolute Gasteiger partial charge is 0.311 e. The Bertz CT molecular complexity index is 613. The van der Waals surface area contributed by atoms with E-state index in [0.717, 1.165) is 23.0 Å². The molecule has 0 saturated carbocycles. The molecule has 2 fully saturated rings. The highest BCUT2D eigenvalue weighted by Gasteiger charge is 2.26. The molecule has 2 aromatic heterocycles. The first-order valence-electron chi connectivity index (χ1n) is 7.96. The molecule has 3 nitrogen and oxygen atoms in total. The molecule has 4 heterocycles. The summed E-state index contributed by atoms with van der Waals surface area (Å²) < 4.78 is 2.43. The molecule has 4 rings (SSSR count). The van der Waals surface area contributed by atoms with Gasteiger partial charge < -0.3 is 4.57 Å². The van der Waals surface area contributed by atoms with Crippen molar-refractivity contribution >= 4 is 34.7 Å².